The van der Waals surface area contributed by atoms with Gasteiger partial charge >= 0.3 is 0 Å². The minimum absolute atomic E-state index is 0.892. The standard InChI is InChI=1S/C23H21N3/c1-18-21-14-16-26(23(21)25-17-24-18)15-8-13-22(19-9-4-2-5-10-19)20-11-6-3-7-12-20/h2-7,9-14,16-17H,8,15H2,1H3. The quantitative estimate of drug-likeness (QED) is 0.496. The Morgan fingerprint density at radius 3 is 2.19 bits per heavy atom. The molecule has 2 aromatic carbocycles. The van der Waals surface area contributed by atoms with Crippen molar-refractivity contribution in [3.8, 4) is 0 Å². The van der Waals surface area contributed by atoms with E-state index in [0.29, 0.717) is 0 Å². The summed E-state index contributed by atoms with van der Waals surface area (Å²) in [6.45, 7) is 2.92. The summed E-state index contributed by atoms with van der Waals surface area (Å²) in [5.41, 5.74) is 5.79. The predicted octanol–water partition coefficient (Wildman–Crippen LogP) is 5.26. The van der Waals surface area contributed by atoms with E-state index in [1.165, 1.54) is 16.7 Å². The molecule has 0 N–H and O–H groups in total. The maximum atomic E-state index is 4.45. The molecule has 0 saturated heterocycles. The van der Waals surface area contributed by atoms with Crippen LogP contribution in [0, 0.1) is 6.92 Å². The fourth-order valence-electron chi connectivity index (χ4n) is 3.30. The lowest BCUT2D eigenvalue weighted by atomic mass is 9.97. The summed E-state index contributed by atoms with van der Waals surface area (Å²) in [4.78, 5) is 8.72. The predicted molar refractivity (Wildman–Crippen MR) is 107 cm³/mol. The number of aryl methyl sites for hydroxylation is 2. The summed E-state index contributed by atoms with van der Waals surface area (Å²) in [7, 11) is 0. The van der Waals surface area contributed by atoms with Crippen molar-refractivity contribution in [1.82, 2.24) is 14.5 Å². The van der Waals surface area contributed by atoms with Crippen molar-refractivity contribution >= 4 is 16.6 Å². The second-order valence-electron chi connectivity index (χ2n) is 6.34. The second-order valence-corrected chi connectivity index (χ2v) is 6.34. The minimum atomic E-state index is 0.892. The first-order valence-electron chi connectivity index (χ1n) is 8.90. The van der Waals surface area contributed by atoms with Gasteiger partial charge in [-0.3, -0.25) is 0 Å². The van der Waals surface area contributed by atoms with Gasteiger partial charge in [0.25, 0.3) is 0 Å². The Hall–Kier alpha value is -3.20. The van der Waals surface area contributed by atoms with Crippen LogP contribution >= 0.6 is 0 Å². The van der Waals surface area contributed by atoms with Gasteiger partial charge in [0, 0.05) is 18.1 Å². The third-order valence-electron chi connectivity index (χ3n) is 4.64. The van der Waals surface area contributed by atoms with Crippen LogP contribution in [0.4, 0.5) is 0 Å². The lowest BCUT2D eigenvalue weighted by molar-refractivity contribution is 0.730. The van der Waals surface area contributed by atoms with Crippen molar-refractivity contribution in [3.63, 3.8) is 0 Å². The molecule has 0 spiro atoms. The molecular formula is C23H21N3. The lowest BCUT2D eigenvalue weighted by Gasteiger charge is -2.09. The van der Waals surface area contributed by atoms with E-state index < -0.39 is 0 Å². The van der Waals surface area contributed by atoms with Gasteiger partial charge < -0.3 is 4.57 Å². The van der Waals surface area contributed by atoms with E-state index in [9.17, 15) is 0 Å². The zero-order chi connectivity index (χ0) is 17.8. The van der Waals surface area contributed by atoms with E-state index in [0.717, 1.165) is 29.7 Å². The summed E-state index contributed by atoms with van der Waals surface area (Å²) in [5.74, 6) is 0. The van der Waals surface area contributed by atoms with Crippen molar-refractivity contribution in [2.45, 2.75) is 19.9 Å². The normalized spacial score (nSPS) is 10.8. The topological polar surface area (TPSA) is 30.7 Å². The first kappa shape index (κ1) is 16.3. The second kappa shape index (κ2) is 7.36. The summed E-state index contributed by atoms with van der Waals surface area (Å²) >= 11 is 0. The van der Waals surface area contributed by atoms with Gasteiger partial charge in [0.2, 0.25) is 0 Å². The minimum Gasteiger partial charge on any atom is -0.332 e. The molecule has 0 aliphatic rings. The molecule has 128 valence electrons. The van der Waals surface area contributed by atoms with Gasteiger partial charge in [0.15, 0.2) is 0 Å². The van der Waals surface area contributed by atoms with Crippen LogP contribution in [-0.4, -0.2) is 14.5 Å². The molecule has 0 bridgehead atoms. The van der Waals surface area contributed by atoms with E-state index in [-0.39, 0.29) is 0 Å². The molecular weight excluding hydrogens is 318 g/mol. The number of fused-ring (bicyclic) bond motifs is 1. The van der Waals surface area contributed by atoms with Crippen LogP contribution < -0.4 is 0 Å². The van der Waals surface area contributed by atoms with E-state index in [4.69, 9.17) is 0 Å². The molecule has 0 saturated carbocycles. The van der Waals surface area contributed by atoms with Crippen LogP contribution in [-0.2, 0) is 6.54 Å². The largest absolute Gasteiger partial charge is 0.332 e. The molecule has 0 unspecified atom stereocenters. The molecule has 26 heavy (non-hydrogen) atoms. The van der Waals surface area contributed by atoms with Gasteiger partial charge in [-0.25, -0.2) is 9.97 Å². The average molecular weight is 339 g/mol. The van der Waals surface area contributed by atoms with Crippen molar-refractivity contribution in [2.75, 3.05) is 0 Å². The van der Waals surface area contributed by atoms with Gasteiger partial charge in [0.05, 0.1) is 5.69 Å². The van der Waals surface area contributed by atoms with Gasteiger partial charge in [-0.2, -0.15) is 0 Å². The molecule has 4 rings (SSSR count). The van der Waals surface area contributed by atoms with Crippen LogP contribution in [0.15, 0.2) is 85.3 Å². The fourth-order valence-corrected chi connectivity index (χ4v) is 3.30. The molecule has 2 aromatic heterocycles. The van der Waals surface area contributed by atoms with Crippen LogP contribution in [0.3, 0.4) is 0 Å². The van der Waals surface area contributed by atoms with Crippen LogP contribution in [0.1, 0.15) is 23.2 Å². The number of aromatic nitrogens is 3. The van der Waals surface area contributed by atoms with Crippen molar-refractivity contribution in [1.29, 1.82) is 0 Å². The number of rotatable bonds is 5. The zero-order valence-electron chi connectivity index (χ0n) is 14.8. The molecule has 0 fully saturated rings. The van der Waals surface area contributed by atoms with Crippen molar-refractivity contribution in [2.24, 2.45) is 0 Å². The first-order chi connectivity index (χ1) is 12.8. The fraction of sp³-hybridized carbons (Fsp3) is 0.130. The summed E-state index contributed by atoms with van der Waals surface area (Å²) in [5, 5.41) is 1.13. The molecule has 3 nitrogen and oxygen atoms in total. The molecule has 3 heteroatoms. The molecule has 0 aliphatic carbocycles. The number of nitrogens with zero attached hydrogens (tertiary/aromatic N) is 3. The highest BCUT2D eigenvalue weighted by Crippen LogP contribution is 2.24. The molecule has 2 heterocycles. The van der Waals surface area contributed by atoms with Gasteiger partial charge in [0.1, 0.15) is 12.0 Å². The van der Waals surface area contributed by atoms with E-state index in [2.05, 4.69) is 93.5 Å². The van der Waals surface area contributed by atoms with Gasteiger partial charge in [-0.15, -0.1) is 0 Å². The van der Waals surface area contributed by atoms with Crippen molar-refractivity contribution < 1.29 is 0 Å². The van der Waals surface area contributed by atoms with E-state index in [1.54, 1.807) is 6.33 Å². The van der Waals surface area contributed by atoms with E-state index in [1.807, 2.05) is 6.92 Å². The smallest absolute Gasteiger partial charge is 0.143 e. The Labute approximate surface area is 153 Å². The summed E-state index contributed by atoms with van der Waals surface area (Å²) < 4.78 is 2.20. The molecule has 0 atom stereocenters. The lowest BCUT2D eigenvalue weighted by Crippen LogP contribution is -1.98. The Morgan fingerprint density at radius 2 is 1.54 bits per heavy atom. The number of hydrogen-bond acceptors (Lipinski definition) is 2. The first-order valence-corrected chi connectivity index (χ1v) is 8.90. The van der Waals surface area contributed by atoms with E-state index >= 15 is 0 Å². The van der Waals surface area contributed by atoms with Gasteiger partial charge in [-0.05, 0) is 36.1 Å². The Morgan fingerprint density at radius 1 is 0.885 bits per heavy atom. The van der Waals surface area contributed by atoms with Crippen LogP contribution in [0.2, 0.25) is 0 Å². The van der Waals surface area contributed by atoms with Crippen LogP contribution in [0.25, 0.3) is 16.6 Å². The zero-order valence-corrected chi connectivity index (χ0v) is 14.8. The highest BCUT2D eigenvalue weighted by atomic mass is 15.0. The summed E-state index contributed by atoms with van der Waals surface area (Å²) in [6.07, 6.45) is 7.00. The van der Waals surface area contributed by atoms with Gasteiger partial charge in [-0.1, -0.05) is 66.7 Å². The Kier molecular flexibility index (Phi) is 4.61. The van der Waals surface area contributed by atoms with Crippen molar-refractivity contribution in [3.05, 3.63) is 102 Å². The highest BCUT2D eigenvalue weighted by molar-refractivity contribution is 5.80. The Bertz CT molecular complexity index is 989. The van der Waals surface area contributed by atoms with Crippen LogP contribution in [0.5, 0.6) is 0 Å². The number of allylic oxidation sites excluding steroid dienone is 1. The summed E-state index contributed by atoms with van der Waals surface area (Å²) in [6, 6.07) is 23.2. The molecule has 0 radical (unpaired) electrons. The third kappa shape index (κ3) is 3.29. The molecule has 0 aliphatic heterocycles. The highest BCUT2D eigenvalue weighted by Gasteiger charge is 2.06. The molecule has 4 aromatic rings. The Balaban J connectivity index is 1.62. The maximum Gasteiger partial charge on any atom is 0.143 e. The monoisotopic (exact) mass is 339 g/mol. The number of benzene rings is 2. The average Bonchev–Trinajstić information content (AvgIpc) is 3.11. The SMILES string of the molecule is Cc1ncnc2c1ccn2CCC=C(c1ccccc1)c1ccccc1. The third-order valence-corrected chi connectivity index (χ3v) is 4.64. The maximum absolute atomic E-state index is 4.45. The number of hydrogen-bond donors (Lipinski definition) is 0. The molecule has 0 amide bonds.